The number of ether oxygens (including phenoxy) is 1. The first-order chi connectivity index (χ1) is 15.6. The Morgan fingerprint density at radius 3 is 2.62 bits per heavy atom. The number of pyridine rings is 1. The van der Waals surface area contributed by atoms with E-state index in [4.69, 9.17) is 4.74 Å². The molecule has 1 atom stereocenters. The molecule has 0 saturated heterocycles. The van der Waals surface area contributed by atoms with Crippen molar-refractivity contribution in [2.75, 3.05) is 30.9 Å². The van der Waals surface area contributed by atoms with Crippen molar-refractivity contribution in [3.63, 3.8) is 0 Å². The summed E-state index contributed by atoms with van der Waals surface area (Å²) in [4.78, 5) is 13.3. The van der Waals surface area contributed by atoms with Crippen molar-refractivity contribution in [3.05, 3.63) is 30.7 Å². The molecule has 0 spiro atoms. The van der Waals surface area contributed by atoms with Crippen LogP contribution in [0.5, 0.6) is 0 Å². The number of nitriles is 1. The standard InChI is InChI=1S/C24H33N7O/c1-17(13-32-2)30-19-3-5-20(6-4-19)31-23-12-21(28-16-29-23)18-7-10-26-22(11-18)27-15-24(14-25)8-9-24/h7,10-12,16-17,19-20,30H,3-6,8-9,13,15H2,1-2H3,(H,26,27)(H,28,29,31)/t17-,19?,20?/m0/s1. The van der Waals surface area contributed by atoms with Crippen molar-refractivity contribution in [1.82, 2.24) is 20.3 Å². The summed E-state index contributed by atoms with van der Waals surface area (Å²) < 4.78 is 5.23. The van der Waals surface area contributed by atoms with Crippen LogP contribution in [0.4, 0.5) is 11.6 Å². The van der Waals surface area contributed by atoms with Gasteiger partial charge in [-0.3, -0.25) is 0 Å². The van der Waals surface area contributed by atoms with Crippen LogP contribution >= 0.6 is 0 Å². The third-order valence-electron chi connectivity index (χ3n) is 6.44. The molecule has 170 valence electrons. The van der Waals surface area contributed by atoms with E-state index in [1.54, 1.807) is 19.6 Å². The molecular weight excluding hydrogens is 402 g/mol. The Labute approximate surface area is 190 Å². The van der Waals surface area contributed by atoms with Crippen LogP contribution in [0.3, 0.4) is 0 Å². The van der Waals surface area contributed by atoms with Gasteiger partial charge < -0.3 is 20.7 Å². The van der Waals surface area contributed by atoms with E-state index < -0.39 is 0 Å². The Morgan fingerprint density at radius 1 is 1.12 bits per heavy atom. The van der Waals surface area contributed by atoms with Gasteiger partial charge in [-0.25, -0.2) is 15.0 Å². The number of nitrogens with zero attached hydrogens (tertiary/aromatic N) is 4. The summed E-state index contributed by atoms with van der Waals surface area (Å²) in [5.41, 5.74) is 1.63. The molecule has 4 rings (SSSR count). The lowest BCUT2D eigenvalue weighted by Gasteiger charge is -2.31. The van der Waals surface area contributed by atoms with E-state index in [2.05, 4.69) is 43.9 Å². The average Bonchev–Trinajstić information content (AvgIpc) is 3.60. The zero-order valence-electron chi connectivity index (χ0n) is 19.0. The van der Waals surface area contributed by atoms with Gasteiger partial charge in [0.2, 0.25) is 0 Å². The Kier molecular flexibility index (Phi) is 7.18. The van der Waals surface area contributed by atoms with Gasteiger partial charge >= 0.3 is 0 Å². The SMILES string of the molecule is COC[C@H](C)NC1CCC(Nc2cc(-c3ccnc(NCC4(C#N)CC4)c3)ncn2)CC1. The molecule has 0 bridgehead atoms. The molecule has 2 heterocycles. The van der Waals surface area contributed by atoms with Crippen LogP contribution in [0.1, 0.15) is 45.4 Å². The van der Waals surface area contributed by atoms with E-state index in [0.29, 0.717) is 24.7 Å². The fourth-order valence-electron chi connectivity index (χ4n) is 4.33. The fourth-order valence-corrected chi connectivity index (χ4v) is 4.33. The van der Waals surface area contributed by atoms with E-state index in [1.807, 2.05) is 18.2 Å². The molecule has 2 aliphatic carbocycles. The largest absolute Gasteiger partial charge is 0.383 e. The first-order valence-electron chi connectivity index (χ1n) is 11.5. The van der Waals surface area contributed by atoms with E-state index in [9.17, 15) is 5.26 Å². The van der Waals surface area contributed by atoms with Gasteiger partial charge in [0.25, 0.3) is 0 Å². The Morgan fingerprint density at radius 2 is 1.91 bits per heavy atom. The number of hydrogen-bond donors (Lipinski definition) is 3. The van der Waals surface area contributed by atoms with Crippen LogP contribution in [0.15, 0.2) is 30.7 Å². The monoisotopic (exact) mass is 435 g/mol. The van der Waals surface area contributed by atoms with E-state index in [0.717, 1.165) is 68.0 Å². The number of nitrogens with one attached hydrogen (secondary N) is 3. The maximum Gasteiger partial charge on any atom is 0.130 e. The lowest BCUT2D eigenvalue weighted by Crippen LogP contribution is -2.42. The summed E-state index contributed by atoms with van der Waals surface area (Å²) in [6, 6.07) is 9.70. The molecule has 2 fully saturated rings. The van der Waals surface area contributed by atoms with Crippen LogP contribution in [0, 0.1) is 16.7 Å². The van der Waals surface area contributed by atoms with Gasteiger partial charge in [0, 0.05) is 49.6 Å². The van der Waals surface area contributed by atoms with Crippen molar-refractivity contribution in [2.24, 2.45) is 5.41 Å². The molecular formula is C24H33N7O. The molecule has 8 heteroatoms. The van der Waals surface area contributed by atoms with Crippen LogP contribution in [-0.4, -0.2) is 53.3 Å². The summed E-state index contributed by atoms with van der Waals surface area (Å²) in [6.07, 6.45) is 9.82. The molecule has 0 amide bonds. The van der Waals surface area contributed by atoms with E-state index in [-0.39, 0.29) is 5.41 Å². The molecule has 2 aromatic rings. The lowest BCUT2D eigenvalue weighted by molar-refractivity contribution is 0.161. The molecule has 2 aliphatic rings. The van der Waals surface area contributed by atoms with Gasteiger partial charge in [0.1, 0.15) is 18.0 Å². The number of aromatic nitrogens is 3. The normalized spacial score (nSPS) is 22.5. The minimum Gasteiger partial charge on any atom is -0.383 e. The zero-order valence-corrected chi connectivity index (χ0v) is 19.0. The highest BCUT2D eigenvalue weighted by molar-refractivity contribution is 5.65. The van der Waals surface area contributed by atoms with Crippen molar-refractivity contribution in [1.29, 1.82) is 5.26 Å². The van der Waals surface area contributed by atoms with Gasteiger partial charge in [0.05, 0.1) is 23.8 Å². The van der Waals surface area contributed by atoms with E-state index >= 15 is 0 Å². The van der Waals surface area contributed by atoms with E-state index in [1.165, 1.54) is 0 Å². The van der Waals surface area contributed by atoms with Gasteiger partial charge in [0.15, 0.2) is 0 Å². The maximum absolute atomic E-state index is 9.26. The first-order valence-corrected chi connectivity index (χ1v) is 11.5. The number of methoxy groups -OCH3 is 1. The lowest BCUT2D eigenvalue weighted by atomic mass is 9.90. The Balaban J connectivity index is 1.32. The molecule has 2 saturated carbocycles. The first kappa shape index (κ1) is 22.4. The number of rotatable bonds is 10. The Hall–Kier alpha value is -2.76. The highest BCUT2D eigenvalue weighted by atomic mass is 16.5. The minimum absolute atomic E-state index is 0.208. The van der Waals surface area contributed by atoms with Gasteiger partial charge in [-0.15, -0.1) is 0 Å². The topological polar surface area (TPSA) is 108 Å². The zero-order chi connectivity index (χ0) is 22.4. The van der Waals surface area contributed by atoms with Crippen LogP contribution in [0.2, 0.25) is 0 Å². The number of anilines is 2. The summed E-state index contributed by atoms with van der Waals surface area (Å²) in [5.74, 6) is 1.62. The maximum atomic E-state index is 9.26. The molecule has 32 heavy (non-hydrogen) atoms. The summed E-state index contributed by atoms with van der Waals surface area (Å²) in [7, 11) is 1.75. The molecule has 0 unspecified atom stereocenters. The number of hydrogen-bond acceptors (Lipinski definition) is 8. The van der Waals surface area contributed by atoms with Crippen LogP contribution in [-0.2, 0) is 4.74 Å². The molecule has 0 aromatic carbocycles. The molecule has 0 radical (unpaired) electrons. The summed E-state index contributed by atoms with van der Waals surface area (Å²) in [5, 5.41) is 19.8. The molecule has 0 aliphatic heterocycles. The highest BCUT2D eigenvalue weighted by Gasteiger charge is 2.42. The second-order valence-electron chi connectivity index (χ2n) is 9.18. The van der Waals surface area contributed by atoms with Crippen molar-refractivity contribution < 1.29 is 4.74 Å². The molecule has 2 aromatic heterocycles. The van der Waals surface area contributed by atoms with Crippen molar-refractivity contribution >= 4 is 11.6 Å². The quantitative estimate of drug-likeness (QED) is 0.520. The fraction of sp³-hybridized carbons (Fsp3) is 0.583. The minimum atomic E-state index is -0.208. The van der Waals surface area contributed by atoms with Gasteiger partial charge in [-0.1, -0.05) is 0 Å². The molecule has 8 nitrogen and oxygen atoms in total. The summed E-state index contributed by atoms with van der Waals surface area (Å²) >= 11 is 0. The smallest absolute Gasteiger partial charge is 0.130 e. The van der Waals surface area contributed by atoms with Crippen LogP contribution in [0.25, 0.3) is 11.3 Å². The predicted octanol–water partition coefficient (Wildman–Crippen LogP) is 3.60. The average molecular weight is 436 g/mol. The van der Waals surface area contributed by atoms with Crippen molar-refractivity contribution in [3.8, 4) is 17.3 Å². The Bertz CT molecular complexity index is 932. The highest BCUT2D eigenvalue weighted by Crippen LogP contribution is 2.44. The second-order valence-corrected chi connectivity index (χ2v) is 9.18. The third kappa shape index (κ3) is 5.93. The predicted molar refractivity (Wildman–Crippen MR) is 125 cm³/mol. The molecule has 3 N–H and O–H groups in total. The second kappa shape index (κ2) is 10.2. The van der Waals surface area contributed by atoms with Crippen molar-refractivity contribution in [2.45, 2.75) is 63.6 Å². The third-order valence-corrected chi connectivity index (χ3v) is 6.44. The van der Waals surface area contributed by atoms with Gasteiger partial charge in [-0.05, 0) is 57.6 Å². The summed E-state index contributed by atoms with van der Waals surface area (Å²) in [6.45, 7) is 3.55. The van der Waals surface area contributed by atoms with Crippen LogP contribution < -0.4 is 16.0 Å². The van der Waals surface area contributed by atoms with Gasteiger partial charge in [-0.2, -0.15) is 5.26 Å².